The number of benzene rings is 3. The van der Waals surface area contributed by atoms with E-state index in [1.807, 2.05) is 6.07 Å². The molecule has 37 heavy (non-hydrogen) atoms. The lowest BCUT2D eigenvalue weighted by Gasteiger charge is -2.34. The van der Waals surface area contributed by atoms with E-state index in [1.165, 1.54) is 19.2 Å². The summed E-state index contributed by atoms with van der Waals surface area (Å²) in [7, 11) is 1.34. The Morgan fingerprint density at radius 2 is 1.65 bits per heavy atom. The molecular formula is C27H23F3N2O5. The zero-order valence-corrected chi connectivity index (χ0v) is 19.7. The maximum atomic E-state index is 13.0. The first-order valence-corrected chi connectivity index (χ1v) is 11.3. The Morgan fingerprint density at radius 1 is 0.973 bits per heavy atom. The van der Waals surface area contributed by atoms with Crippen LogP contribution in [0, 0.1) is 0 Å². The van der Waals surface area contributed by atoms with Gasteiger partial charge in [0, 0.05) is 24.0 Å². The largest absolute Gasteiger partial charge is 0.481 e. The third-order valence-corrected chi connectivity index (χ3v) is 6.31. The van der Waals surface area contributed by atoms with E-state index in [0.29, 0.717) is 17.7 Å². The first-order valence-electron chi connectivity index (χ1n) is 11.3. The fourth-order valence-electron chi connectivity index (χ4n) is 4.39. The van der Waals surface area contributed by atoms with E-state index in [9.17, 15) is 32.7 Å². The van der Waals surface area contributed by atoms with Gasteiger partial charge in [0.1, 0.15) is 5.60 Å². The number of hydrogen-bond acceptors (Lipinski definition) is 4. The van der Waals surface area contributed by atoms with Crippen molar-refractivity contribution in [1.82, 2.24) is 0 Å². The van der Waals surface area contributed by atoms with E-state index in [1.54, 1.807) is 36.4 Å². The molecule has 3 N–H and O–H groups in total. The number of aryl methyl sites for hydroxylation is 1. The Morgan fingerprint density at radius 3 is 2.30 bits per heavy atom. The Hall–Kier alpha value is -4.18. The summed E-state index contributed by atoms with van der Waals surface area (Å²) in [6.45, 7) is 0. The van der Waals surface area contributed by atoms with E-state index in [4.69, 9.17) is 4.74 Å². The van der Waals surface area contributed by atoms with Crippen molar-refractivity contribution in [2.75, 3.05) is 17.7 Å². The molecule has 1 unspecified atom stereocenters. The molecule has 4 rings (SSSR count). The summed E-state index contributed by atoms with van der Waals surface area (Å²) in [5.74, 6) is -1.45. The molecule has 7 nitrogen and oxygen atoms in total. The SMILES string of the molecule is COC1(CC(=O)O)CCc2cc(-c3ccc(NC(=O)Nc4cccc(C(F)(F)F)c4)cc3)ccc2C1=O. The van der Waals surface area contributed by atoms with Gasteiger partial charge in [0.25, 0.3) is 0 Å². The number of methoxy groups -OCH3 is 1. The predicted octanol–water partition coefficient (Wildman–Crippen LogP) is 6.01. The van der Waals surface area contributed by atoms with Crippen molar-refractivity contribution in [2.24, 2.45) is 0 Å². The van der Waals surface area contributed by atoms with Gasteiger partial charge in [-0.3, -0.25) is 9.59 Å². The first kappa shape index (κ1) is 25.9. The standard InChI is InChI=1S/C27H23F3N2O5/c1-37-26(15-23(33)34)12-11-18-13-17(7-10-22(18)24(26)35)16-5-8-20(9-6-16)31-25(36)32-21-4-2-3-19(14-21)27(28,29)30/h2-10,13-14H,11-12,15H2,1H3,(H,33,34)(H2,31,32,36). The van der Waals surface area contributed by atoms with E-state index in [2.05, 4.69) is 10.6 Å². The van der Waals surface area contributed by atoms with Crippen LogP contribution in [0.2, 0.25) is 0 Å². The van der Waals surface area contributed by atoms with Crippen molar-refractivity contribution in [3.8, 4) is 11.1 Å². The number of halogens is 3. The number of Topliss-reactive ketones (excluding diaryl/α,β-unsaturated/α-hetero) is 1. The maximum Gasteiger partial charge on any atom is 0.416 e. The number of aliphatic carboxylic acids is 1. The first-order chi connectivity index (χ1) is 17.5. The van der Waals surface area contributed by atoms with Crippen LogP contribution in [0.3, 0.4) is 0 Å². The van der Waals surface area contributed by atoms with Crippen LogP contribution >= 0.6 is 0 Å². The number of ether oxygens (including phenoxy) is 1. The van der Waals surface area contributed by atoms with Crippen molar-refractivity contribution in [3.63, 3.8) is 0 Å². The van der Waals surface area contributed by atoms with E-state index < -0.39 is 35.8 Å². The molecule has 3 aromatic rings. The van der Waals surface area contributed by atoms with Crippen LogP contribution < -0.4 is 10.6 Å². The monoisotopic (exact) mass is 512 g/mol. The number of fused-ring (bicyclic) bond motifs is 1. The molecule has 0 spiro atoms. The molecule has 0 radical (unpaired) electrons. The van der Waals surface area contributed by atoms with Gasteiger partial charge in [-0.1, -0.05) is 36.4 Å². The molecular weight excluding hydrogens is 489 g/mol. The third kappa shape index (κ3) is 5.64. The van der Waals surface area contributed by atoms with Crippen LogP contribution in [0.5, 0.6) is 0 Å². The van der Waals surface area contributed by atoms with Gasteiger partial charge in [-0.15, -0.1) is 0 Å². The minimum Gasteiger partial charge on any atom is -0.481 e. The zero-order chi connectivity index (χ0) is 26.8. The van der Waals surface area contributed by atoms with Gasteiger partial charge in [-0.2, -0.15) is 13.2 Å². The van der Waals surface area contributed by atoms with Crippen LogP contribution in [0.4, 0.5) is 29.3 Å². The van der Waals surface area contributed by atoms with Crippen molar-refractivity contribution in [2.45, 2.75) is 31.0 Å². The lowest BCUT2D eigenvalue weighted by atomic mass is 9.76. The Balaban J connectivity index is 1.45. The number of carboxylic acids is 1. The molecule has 0 saturated carbocycles. The van der Waals surface area contributed by atoms with Crippen molar-refractivity contribution < 1.29 is 37.4 Å². The summed E-state index contributed by atoms with van der Waals surface area (Å²) in [6, 6.07) is 15.7. The Labute approximate surface area is 210 Å². The summed E-state index contributed by atoms with van der Waals surface area (Å²) in [4.78, 5) is 36.5. The second-order valence-corrected chi connectivity index (χ2v) is 8.71. The summed E-state index contributed by atoms with van der Waals surface area (Å²) in [6.07, 6.45) is -4.18. The molecule has 0 aromatic heterocycles. The van der Waals surface area contributed by atoms with Gasteiger partial charge in [-0.25, -0.2) is 4.79 Å². The van der Waals surface area contributed by atoms with Crippen LogP contribution in [0.15, 0.2) is 66.7 Å². The van der Waals surface area contributed by atoms with Crippen LogP contribution in [-0.2, 0) is 22.1 Å². The van der Waals surface area contributed by atoms with Gasteiger partial charge in [0.15, 0.2) is 5.78 Å². The van der Waals surface area contributed by atoms with Crippen molar-refractivity contribution in [3.05, 3.63) is 83.4 Å². The van der Waals surface area contributed by atoms with Crippen LogP contribution in [0.1, 0.15) is 34.3 Å². The zero-order valence-electron chi connectivity index (χ0n) is 19.7. The molecule has 0 saturated heterocycles. The molecule has 0 fully saturated rings. The van der Waals surface area contributed by atoms with Crippen LogP contribution in [0.25, 0.3) is 11.1 Å². The van der Waals surface area contributed by atoms with Crippen molar-refractivity contribution >= 4 is 29.2 Å². The number of alkyl halides is 3. The highest BCUT2D eigenvalue weighted by atomic mass is 19.4. The fourth-order valence-corrected chi connectivity index (χ4v) is 4.39. The second kappa shape index (κ2) is 10.1. The van der Waals surface area contributed by atoms with Gasteiger partial charge in [0.05, 0.1) is 12.0 Å². The van der Waals surface area contributed by atoms with E-state index in [0.717, 1.165) is 28.8 Å². The highest BCUT2D eigenvalue weighted by Gasteiger charge is 2.44. The number of ketones is 1. The summed E-state index contributed by atoms with van der Waals surface area (Å²) in [5.41, 5.74) is 1.07. The molecule has 1 atom stereocenters. The maximum absolute atomic E-state index is 13.0. The van der Waals surface area contributed by atoms with Crippen LogP contribution in [-0.4, -0.2) is 35.6 Å². The Kier molecular flexibility index (Phi) is 7.04. The molecule has 0 bridgehead atoms. The number of anilines is 2. The average molecular weight is 512 g/mol. The number of carboxylic acid groups (broad SMARTS) is 1. The molecule has 0 aliphatic heterocycles. The third-order valence-electron chi connectivity index (χ3n) is 6.31. The van der Waals surface area contributed by atoms with Crippen molar-refractivity contribution in [1.29, 1.82) is 0 Å². The number of hydrogen-bond donors (Lipinski definition) is 3. The topological polar surface area (TPSA) is 105 Å². The Bertz CT molecular complexity index is 1350. The predicted molar refractivity (Wildman–Crippen MR) is 131 cm³/mol. The molecule has 1 aliphatic carbocycles. The van der Waals surface area contributed by atoms with Gasteiger partial charge >= 0.3 is 18.2 Å². The van der Waals surface area contributed by atoms with E-state index >= 15 is 0 Å². The summed E-state index contributed by atoms with van der Waals surface area (Å²) >= 11 is 0. The summed E-state index contributed by atoms with van der Waals surface area (Å²) < 4.78 is 44.0. The number of urea groups is 1. The number of amides is 2. The minimum absolute atomic E-state index is 0.00778. The molecule has 10 heteroatoms. The normalized spacial score (nSPS) is 17.1. The van der Waals surface area contributed by atoms with E-state index in [-0.39, 0.29) is 17.9 Å². The van der Waals surface area contributed by atoms with Gasteiger partial charge in [0.2, 0.25) is 0 Å². The lowest BCUT2D eigenvalue weighted by molar-refractivity contribution is -0.142. The molecule has 192 valence electrons. The highest BCUT2D eigenvalue weighted by molar-refractivity contribution is 6.06. The van der Waals surface area contributed by atoms with Gasteiger partial charge < -0.3 is 20.5 Å². The minimum atomic E-state index is -4.51. The molecule has 3 aromatic carbocycles. The fraction of sp³-hybridized carbons (Fsp3) is 0.222. The number of rotatable bonds is 6. The highest BCUT2D eigenvalue weighted by Crippen LogP contribution is 2.36. The number of nitrogens with one attached hydrogen (secondary N) is 2. The quantitative estimate of drug-likeness (QED) is 0.376. The number of carbonyl (C=O) groups is 3. The average Bonchev–Trinajstić information content (AvgIpc) is 2.85. The number of carbonyl (C=O) groups excluding carboxylic acids is 2. The molecule has 1 aliphatic rings. The van der Waals surface area contributed by atoms with Gasteiger partial charge in [-0.05, 0) is 59.9 Å². The lowest BCUT2D eigenvalue weighted by Crippen LogP contribution is -2.46. The second-order valence-electron chi connectivity index (χ2n) is 8.71. The molecule has 0 heterocycles. The summed E-state index contributed by atoms with van der Waals surface area (Å²) in [5, 5.41) is 14.2. The molecule has 2 amide bonds. The smallest absolute Gasteiger partial charge is 0.416 e.